The van der Waals surface area contributed by atoms with Crippen molar-refractivity contribution < 1.29 is 4.79 Å². The fraction of sp³-hybridized carbons (Fsp3) is 0.231. The molecule has 0 fully saturated rings. The fourth-order valence-electron chi connectivity index (χ4n) is 1.65. The average molecular weight is 229 g/mol. The van der Waals surface area contributed by atoms with Gasteiger partial charge in [-0.25, -0.2) is 0 Å². The summed E-state index contributed by atoms with van der Waals surface area (Å²) in [6.07, 6.45) is 2.45. The predicted octanol–water partition coefficient (Wildman–Crippen LogP) is 1.39. The van der Waals surface area contributed by atoms with Crippen LogP contribution >= 0.6 is 0 Å². The van der Waals surface area contributed by atoms with Crippen molar-refractivity contribution in [3.05, 3.63) is 53.9 Å². The summed E-state index contributed by atoms with van der Waals surface area (Å²) in [5.41, 5.74) is 1.80. The lowest BCUT2D eigenvalue weighted by Gasteiger charge is -2.05. The molecule has 4 nitrogen and oxygen atoms in total. The van der Waals surface area contributed by atoms with Gasteiger partial charge in [0.25, 0.3) is 5.91 Å². The summed E-state index contributed by atoms with van der Waals surface area (Å²) >= 11 is 0. The van der Waals surface area contributed by atoms with E-state index in [1.165, 1.54) is 5.56 Å². The number of amides is 1. The van der Waals surface area contributed by atoms with Crippen LogP contribution in [0.2, 0.25) is 0 Å². The smallest absolute Gasteiger partial charge is 0.269 e. The molecule has 1 aromatic carbocycles. The Hall–Kier alpha value is -2.10. The summed E-state index contributed by atoms with van der Waals surface area (Å²) in [6, 6.07) is 11.8. The number of nitrogens with zero attached hydrogens (tertiary/aromatic N) is 2. The van der Waals surface area contributed by atoms with Crippen LogP contribution in [0.3, 0.4) is 0 Å². The van der Waals surface area contributed by atoms with Crippen molar-refractivity contribution in [3.63, 3.8) is 0 Å². The molecule has 88 valence electrons. The molecule has 1 aromatic heterocycles. The third-order valence-corrected chi connectivity index (χ3v) is 2.60. The van der Waals surface area contributed by atoms with Crippen LogP contribution in [-0.4, -0.2) is 22.2 Å². The first-order chi connectivity index (χ1) is 8.27. The van der Waals surface area contributed by atoms with Gasteiger partial charge in [-0.1, -0.05) is 30.3 Å². The maximum Gasteiger partial charge on any atom is 0.269 e. The molecule has 1 heterocycles. The molecule has 17 heavy (non-hydrogen) atoms. The maximum absolute atomic E-state index is 11.7. The SMILES string of the molecule is Cn1nccc1C(=O)NCCc1ccccc1. The summed E-state index contributed by atoms with van der Waals surface area (Å²) in [5, 5.41) is 6.83. The zero-order valence-corrected chi connectivity index (χ0v) is 9.76. The topological polar surface area (TPSA) is 46.9 Å². The van der Waals surface area contributed by atoms with Gasteiger partial charge in [0.2, 0.25) is 0 Å². The van der Waals surface area contributed by atoms with Crippen LogP contribution in [0.25, 0.3) is 0 Å². The van der Waals surface area contributed by atoms with E-state index < -0.39 is 0 Å². The number of carbonyl (C=O) groups is 1. The number of carbonyl (C=O) groups excluding carboxylic acids is 1. The molecule has 0 saturated heterocycles. The van der Waals surface area contributed by atoms with Crippen molar-refractivity contribution in [1.82, 2.24) is 15.1 Å². The summed E-state index contributed by atoms with van der Waals surface area (Å²) in [7, 11) is 1.76. The fourth-order valence-corrected chi connectivity index (χ4v) is 1.65. The number of hydrogen-bond acceptors (Lipinski definition) is 2. The maximum atomic E-state index is 11.7. The summed E-state index contributed by atoms with van der Waals surface area (Å²) in [6.45, 7) is 0.633. The normalized spacial score (nSPS) is 10.2. The zero-order valence-electron chi connectivity index (χ0n) is 9.76. The molecule has 1 N–H and O–H groups in total. The Balaban J connectivity index is 1.84. The van der Waals surface area contributed by atoms with Gasteiger partial charge < -0.3 is 5.32 Å². The number of nitrogens with one attached hydrogen (secondary N) is 1. The molecule has 0 spiro atoms. The Labute approximate surface area is 100 Å². The molecule has 0 radical (unpaired) electrons. The van der Waals surface area contributed by atoms with Crippen molar-refractivity contribution in [2.75, 3.05) is 6.54 Å². The second-order valence-electron chi connectivity index (χ2n) is 3.83. The summed E-state index contributed by atoms with van der Waals surface area (Å²) in [5.74, 6) is -0.0825. The summed E-state index contributed by atoms with van der Waals surface area (Å²) < 4.78 is 1.57. The van der Waals surface area contributed by atoms with E-state index in [2.05, 4.69) is 22.5 Å². The molecule has 1 amide bonds. The van der Waals surface area contributed by atoms with Gasteiger partial charge in [0, 0.05) is 19.8 Å². The summed E-state index contributed by atoms with van der Waals surface area (Å²) in [4.78, 5) is 11.7. The minimum absolute atomic E-state index is 0.0825. The van der Waals surface area contributed by atoms with Crippen LogP contribution in [0.5, 0.6) is 0 Å². The lowest BCUT2D eigenvalue weighted by molar-refractivity contribution is 0.0945. The molecular weight excluding hydrogens is 214 g/mol. The minimum atomic E-state index is -0.0825. The second-order valence-corrected chi connectivity index (χ2v) is 3.83. The van der Waals surface area contributed by atoms with E-state index in [-0.39, 0.29) is 5.91 Å². The van der Waals surface area contributed by atoms with Gasteiger partial charge in [0.1, 0.15) is 5.69 Å². The minimum Gasteiger partial charge on any atom is -0.350 e. The second kappa shape index (κ2) is 5.30. The predicted molar refractivity (Wildman–Crippen MR) is 65.7 cm³/mol. The third kappa shape index (κ3) is 2.93. The van der Waals surface area contributed by atoms with Gasteiger partial charge in [0.05, 0.1) is 0 Å². The van der Waals surface area contributed by atoms with Gasteiger partial charge in [-0.2, -0.15) is 5.10 Å². The van der Waals surface area contributed by atoms with Crippen LogP contribution < -0.4 is 5.32 Å². The zero-order chi connectivity index (χ0) is 12.1. The molecule has 0 bridgehead atoms. The molecule has 0 aliphatic heterocycles. The first kappa shape index (κ1) is 11.4. The molecule has 0 aliphatic rings. The van der Waals surface area contributed by atoms with E-state index >= 15 is 0 Å². The van der Waals surface area contributed by atoms with E-state index in [9.17, 15) is 4.79 Å². The van der Waals surface area contributed by atoms with Gasteiger partial charge in [-0.15, -0.1) is 0 Å². The van der Waals surface area contributed by atoms with Crippen LogP contribution in [0.1, 0.15) is 16.1 Å². The quantitative estimate of drug-likeness (QED) is 0.861. The molecule has 0 aliphatic carbocycles. The Kier molecular flexibility index (Phi) is 3.55. The monoisotopic (exact) mass is 229 g/mol. The van der Waals surface area contributed by atoms with Crippen molar-refractivity contribution in [2.24, 2.45) is 7.05 Å². The highest BCUT2D eigenvalue weighted by molar-refractivity contribution is 5.92. The number of aryl methyl sites for hydroxylation is 1. The number of aromatic nitrogens is 2. The largest absolute Gasteiger partial charge is 0.350 e. The van der Waals surface area contributed by atoms with E-state index in [1.54, 1.807) is 24.0 Å². The van der Waals surface area contributed by atoms with Gasteiger partial charge >= 0.3 is 0 Å². The first-order valence-corrected chi connectivity index (χ1v) is 5.57. The number of benzene rings is 1. The molecular formula is C13H15N3O. The number of hydrogen-bond donors (Lipinski definition) is 1. The highest BCUT2D eigenvalue weighted by Gasteiger charge is 2.08. The first-order valence-electron chi connectivity index (χ1n) is 5.57. The van der Waals surface area contributed by atoms with E-state index in [1.807, 2.05) is 18.2 Å². The molecule has 0 atom stereocenters. The Morgan fingerprint density at radius 2 is 2.06 bits per heavy atom. The lowest BCUT2D eigenvalue weighted by Crippen LogP contribution is -2.27. The Morgan fingerprint density at radius 3 is 2.71 bits per heavy atom. The van der Waals surface area contributed by atoms with Crippen molar-refractivity contribution >= 4 is 5.91 Å². The van der Waals surface area contributed by atoms with Crippen molar-refractivity contribution in [2.45, 2.75) is 6.42 Å². The Morgan fingerprint density at radius 1 is 1.29 bits per heavy atom. The molecule has 2 rings (SSSR count). The van der Waals surface area contributed by atoms with E-state index in [4.69, 9.17) is 0 Å². The standard InChI is InChI=1S/C13H15N3O/c1-16-12(8-10-15-16)13(17)14-9-7-11-5-3-2-4-6-11/h2-6,8,10H,7,9H2,1H3,(H,14,17). The molecule has 2 aromatic rings. The number of rotatable bonds is 4. The Bertz CT molecular complexity index is 490. The van der Waals surface area contributed by atoms with Crippen LogP contribution in [-0.2, 0) is 13.5 Å². The highest BCUT2D eigenvalue weighted by atomic mass is 16.2. The van der Waals surface area contributed by atoms with Crippen LogP contribution in [0.4, 0.5) is 0 Å². The third-order valence-electron chi connectivity index (χ3n) is 2.60. The van der Waals surface area contributed by atoms with Gasteiger partial charge in [-0.05, 0) is 18.1 Å². The average Bonchev–Trinajstić information content (AvgIpc) is 2.77. The highest BCUT2D eigenvalue weighted by Crippen LogP contribution is 1.99. The van der Waals surface area contributed by atoms with E-state index in [0.29, 0.717) is 12.2 Å². The molecule has 4 heteroatoms. The van der Waals surface area contributed by atoms with E-state index in [0.717, 1.165) is 6.42 Å². The van der Waals surface area contributed by atoms with Crippen LogP contribution in [0, 0.1) is 0 Å². The molecule has 0 unspecified atom stereocenters. The van der Waals surface area contributed by atoms with Gasteiger partial charge in [0.15, 0.2) is 0 Å². The van der Waals surface area contributed by atoms with Crippen molar-refractivity contribution in [3.8, 4) is 0 Å². The van der Waals surface area contributed by atoms with Crippen LogP contribution in [0.15, 0.2) is 42.6 Å². The lowest BCUT2D eigenvalue weighted by atomic mass is 10.1. The van der Waals surface area contributed by atoms with Gasteiger partial charge in [-0.3, -0.25) is 9.48 Å². The van der Waals surface area contributed by atoms with Crippen molar-refractivity contribution in [1.29, 1.82) is 0 Å². The molecule has 0 saturated carbocycles.